The number of nitrogens with one attached hydrogen (secondary N) is 1. The number of aliphatic carboxylic acids is 1. The number of H-pyrrole nitrogens is 1. The molecule has 1 saturated carbocycles. The number of rotatable bonds is 6. The molecule has 0 bridgehead atoms. The van der Waals surface area contributed by atoms with Gasteiger partial charge in [-0.3, -0.25) is 23.9 Å². The van der Waals surface area contributed by atoms with Gasteiger partial charge < -0.3 is 10.0 Å². The molecule has 0 spiro atoms. The average molecular weight is 295 g/mol. The summed E-state index contributed by atoms with van der Waals surface area (Å²) in [7, 11) is 0. The van der Waals surface area contributed by atoms with Crippen molar-refractivity contribution >= 4 is 11.9 Å². The minimum absolute atomic E-state index is 0.0535. The summed E-state index contributed by atoms with van der Waals surface area (Å²) in [4.78, 5) is 49.3. The van der Waals surface area contributed by atoms with E-state index in [1.165, 1.54) is 18.0 Å². The van der Waals surface area contributed by atoms with Crippen LogP contribution in [0.25, 0.3) is 0 Å². The van der Waals surface area contributed by atoms with Crippen LogP contribution < -0.4 is 11.2 Å². The molecule has 8 heteroatoms. The average Bonchev–Trinajstić information content (AvgIpc) is 3.23. The maximum atomic E-state index is 12.3. The van der Waals surface area contributed by atoms with E-state index in [0.717, 1.165) is 23.5 Å². The van der Waals surface area contributed by atoms with Gasteiger partial charge in [0.25, 0.3) is 5.56 Å². The van der Waals surface area contributed by atoms with Crippen LogP contribution in [0.4, 0.5) is 0 Å². The Labute approximate surface area is 120 Å². The van der Waals surface area contributed by atoms with Crippen molar-refractivity contribution < 1.29 is 14.7 Å². The van der Waals surface area contributed by atoms with E-state index in [1.54, 1.807) is 0 Å². The van der Waals surface area contributed by atoms with Gasteiger partial charge in [0.15, 0.2) is 0 Å². The maximum Gasteiger partial charge on any atom is 0.328 e. The van der Waals surface area contributed by atoms with Gasteiger partial charge in [-0.25, -0.2) is 4.79 Å². The third kappa shape index (κ3) is 3.80. The minimum atomic E-state index is -0.963. The standard InChI is InChI=1S/C13H17N3O5/c1-8(12(19)20)6-16(9-2-3-9)11(18)7-15-5-4-10(17)14-13(15)21/h4-5,8-9H,2-3,6-7H2,1H3,(H,19,20)(H,14,17,21). The van der Waals surface area contributed by atoms with Crippen LogP contribution in [0.2, 0.25) is 0 Å². The van der Waals surface area contributed by atoms with Crippen molar-refractivity contribution in [2.24, 2.45) is 5.92 Å². The molecule has 2 N–H and O–H groups in total. The molecule has 0 aliphatic heterocycles. The molecule has 114 valence electrons. The number of hydrogen-bond acceptors (Lipinski definition) is 4. The van der Waals surface area contributed by atoms with Crippen molar-refractivity contribution in [2.75, 3.05) is 6.54 Å². The van der Waals surface area contributed by atoms with E-state index in [4.69, 9.17) is 5.11 Å². The van der Waals surface area contributed by atoms with E-state index in [9.17, 15) is 19.2 Å². The molecule has 2 rings (SSSR count). The smallest absolute Gasteiger partial charge is 0.328 e. The van der Waals surface area contributed by atoms with Crippen molar-refractivity contribution in [3.8, 4) is 0 Å². The lowest BCUT2D eigenvalue weighted by Crippen LogP contribution is -2.42. The third-order valence-corrected chi connectivity index (χ3v) is 3.40. The second kappa shape index (κ2) is 5.94. The highest BCUT2D eigenvalue weighted by molar-refractivity contribution is 5.78. The zero-order chi connectivity index (χ0) is 15.6. The number of hydrogen-bond donors (Lipinski definition) is 2. The Morgan fingerprint density at radius 2 is 2.14 bits per heavy atom. The lowest BCUT2D eigenvalue weighted by atomic mass is 10.1. The highest BCUT2D eigenvalue weighted by atomic mass is 16.4. The van der Waals surface area contributed by atoms with Crippen molar-refractivity contribution in [1.29, 1.82) is 0 Å². The summed E-state index contributed by atoms with van der Waals surface area (Å²) in [6, 6.07) is 1.22. The van der Waals surface area contributed by atoms with E-state index in [0.29, 0.717) is 0 Å². The van der Waals surface area contributed by atoms with Gasteiger partial charge in [0.1, 0.15) is 6.54 Å². The molecule has 1 atom stereocenters. The Balaban J connectivity index is 2.10. The molecule has 1 aliphatic carbocycles. The van der Waals surface area contributed by atoms with Gasteiger partial charge in [-0.05, 0) is 12.8 Å². The number of carboxylic acid groups (broad SMARTS) is 1. The highest BCUT2D eigenvalue weighted by Gasteiger charge is 2.34. The van der Waals surface area contributed by atoms with Crippen molar-refractivity contribution in [3.05, 3.63) is 33.1 Å². The second-order valence-corrected chi connectivity index (χ2v) is 5.25. The molecule has 0 aromatic carbocycles. The summed E-state index contributed by atoms with van der Waals surface area (Å²) >= 11 is 0. The Kier molecular flexibility index (Phi) is 4.25. The van der Waals surface area contributed by atoms with Crippen LogP contribution in [0.5, 0.6) is 0 Å². The lowest BCUT2D eigenvalue weighted by Gasteiger charge is -2.24. The van der Waals surface area contributed by atoms with E-state index in [-0.39, 0.29) is 25.0 Å². The van der Waals surface area contributed by atoms with Crippen LogP contribution in [0.15, 0.2) is 21.9 Å². The van der Waals surface area contributed by atoms with Gasteiger partial charge >= 0.3 is 11.7 Å². The first kappa shape index (κ1) is 15.0. The first-order valence-electron chi connectivity index (χ1n) is 6.70. The van der Waals surface area contributed by atoms with Crippen LogP contribution in [-0.4, -0.2) is 44.0 Å². The number of aromatic amines is 1. The van der Waals surface area contributed by atoms with Crippen molar-refractivity contribution in [3.63, 3.8) is 0 Å². The highest BCUT2D eigenvalue weighted by Crippen LogP contribution is 2.27. The number of nitrogens with zero attached hydrogens (tertiary/aromatic N) is 2. The van der Waals surface area contributed by atoms with Crippen molar-refractivity contribution in [1.82, 2.24) is 14.5 Å². The van der Waals surface area contributed by atoms with E-state index in [1.807, 2.05) is 0 Å². The SMILES string of the molecule is CC(CN(C(=O)Cn1ccc(=O)[nH]c1=O)C1CC1)C(=O)O. The van der Waals surface area contributed by atoms with Gasteiger partial charge in [0, 0.05) is 24.8 Å². The third-order valence-electron chi connectivity index (χ3n) is 3.40. The Morgan fingerprint density at radius 3 is 2.67 bits per heavy atom. The predicted octanol–water partition coefficient (Wildman–Crippen LogP) is -0.752. The molecular formula is C13H17N3O5. The molecule has 1 aromatic rings. The first-order chi connectivity index (χ1) is 9.88. The van der Waals surface area contributed by atoms with E-state index in [2.05, 4.69) is 4.98 Å². The molecule has 0 saturated heterocycles. The Hall–Kier alpha value is -2.38. The summed E-state index contributed by atoms with van der Waals surface area (Å²) in [6.45, 7) is 1.45. The monoisotopic (exact) mass is 295 g/mol. The summed E-state index contributed by atoms with van der Waals surface area (Å²) in [5, 5.41) is 8.95. The molecular weight excluding hydrogens is 278 g/mol. The fourth-order valence-electron chi connectivity index (χ4n) is 2.02. The molecule has 1 aliphatic rings. The summed E-state index contributed by atoms with van der Waals surface area (Å²) in [5.41, 5.74) is -1.18. The number of carbonyl (C=O) groups excluding carboxylic acids is 1. The molecule has 1 amide bonds. The molecule has 1 unspecified atom stereocenters. The van der Waals surface area contributed by atoms with Crippen molar-refractivity contribution in [2.45, 2.75) is 32.4 Å². The quantitative estimate of drug-likeness (QED) is 0.717. The molecule has 21 heavy (non-hydrogen) atoms. The fourth-order valence-corrected chi connectivity index (χ4v) is 2.02. The van der Waals surface area contributed by atoms with Crippen LogP contribution in [0.3, 0.4) is 0 Å². The summed E-state index contributed by atoms with van der Waals surface area (Å²) < 4.78 is 1.10. The van der Waals surface area contributed by atoms with E-state index < -0.39 is 23.1 Å². The number of carboxylic acids is 1. The van der Waals surface area contributed by atoms with Gasteiger partial charge in [-0.15, -0.1) is 0 Å². The van der Waals surface area contributed by atoms with Crippen LogP contribution >= 0.6 is 0 Å². The molecule has 8 nitrogen and oxygen atoms in total. The minimum Gasteiger partial charge on any atom is -0.481 e. The number of carbonyl (C=O) groups is 2. The molecule has 1 heterocycles. The normalized spacial score (nSPS) is 15.5. The van der Waals surface area contributed by atoms with Crippen LogP contribution in [0.1, 0.15) is 19.8 Å². The van der Waals surface area contributed by atoms with Gasteiger partial charge in [0.05, 0.1) is 5.92 Å². The van der Waals surface area contributed by atoms with Gasteiger partial charge in [-0.2, -0.15) is 0 Å². The largest absolute Gasteiger partial charge is 0.481 e. The molecule has 1 fully saturated rings. The number of amides is 1. The predicted molar refractivity (Wildman–Crippen MR) is 72.9 cm³/mol. The van der Waals surface area contributed by atoms with Crippen LogP contribution in [-0.2, 0) is 16.1 Å². The maximum absolute atomic E-state index is 12.3. The lowest BCUT2D eigenvalue weighted by molar-refractivity contribution is -0.143. The Morgan fingerprint density at radius 1 is 1.48 bits per heavy atom. The summed E-state index contributed by atoms with van der Waals surface area (Å²) in [5.74, 6) is -1.95. The van der Waals surface area contributed by atoms with Crippen LogP contribution in [0, 0.1) is 5.92 Å². The molecule has 0 radical (unpaired) electrons. The number of aromatic nitrogens is 2. The molecule has 1 aromatic heterocycles. The zero-order valence-corrected chi connectivity index (χ0v) is 11.6. The Bertz CT molecular complexity index is 658. The van der Waals surface area contributed by atoms with E-state index >= 15 is 0 Å². The first-order valence-corrected chi connectivity index (χ1v) is 6.70. The summed E-state index contributed by atoms with van der Waals surface area (Å²) in [6.07, 6.45) is 2.95. The topological polar surface area (TPSA) is 112 Å². The fraction of sp³-hybridized carbons (Fsp3) is 0.538. The van der Waals surface area contributed by atoms with Gasteiger partial charge in [-0.1, -0.05) is 6.92 Å². The zero-order valence-electron chi connectivity index (χ0n) is 11.6. The second-order valence-electron chi connectivity index (χ2n) is 5.25. The van der Waals surface area contributed by atoms with Gasteiger partial charge in [0.2, 0.25) is 5.91 Å².